The molecule has 0 aromatic carbocycles. The van der Waals surface area contributed by atoms with E-state index in [4.69, 9.17) is 4.74 Å². The molecule has 0 unspecified atom stereocenters. The lowest BCUT2D eigenvalue weighted by Gasteiger charge is -2.10. The quantitative estimate of drug-likeness (QED) is 0.897. The van der Waals surface area contributed by atoms with Crippen molar-refractivity contribution in [2.75, 3.05) is 11.9 Å². The van der Waals surface area contributed by atoms with Crippen LogP contribution >= 0.6 is 15.9 Å². The van der Waals surface area contributed by atoms with Gasteiger partial charge in [0.25, 0.3) is 5.56 Å². The summed E-state index contributed by atoms with van der Waals surface area (Å²) < 4.78 is 7.90. The predicted molar refractivity (Wildman–Crippen MR) is 87.2 cm³/mol. The molecule has 2 aromatic rings. The molecule has 6 heteroatoms. The number of aryl methyl sites for hydroxylation is 1. The Hall–Kier alpha value is -1.82. The van der Waals surface area contributed by atoms with Crippen LogP contribution in [0, 0.1) is 5.92 Å². The van der Waals surface area contributed by atoms with E-state index in [1.165, 1.54) is 4.57 Å². The molecule has 0 saturated carbocycles. The van der Waals surface area contributed by atoms with E-state index >= 15 is 0 Å². The zero-order valence-electron chi connectivity index (χ0n) is 12.3. The number of hydrogen-bond donors (Lipinski definition) is 1. The molecule has 0 fully saturated rings. The molecule has 0 bridgehead atoms. The summed E-state index contributed by atoms with van der Waals surface area (Å²) in [6.45, 7) is 4.76. The van der Waals surface area contributed by atoms with Gasteiger partial charge in [0.15, 0.2) is 0 Å². The van der Waals surface area contributed by atoms with Crippen LogP contribution in [-0.2, 0) is 7.05 Å². The fraction of sp³-hybridized carbons (Fsp3) is 0.333. The molecule has 0 aliphatic rings. The zero-order valence-corrected chi connectivity index (χ0v) is 13.8. The van der Waals surface area contributed by atoms with Crippen LogP contribution in [0.4, 0.5) is 11.5 Å². The van der Waals surface area contributed by atoms with Crippen molar-refractivity contribution < 1.29 is 4.74 Å². The van der Waals surface area contributed by atoms with Gasteiger partial charge in [-0.2, -0.15) is 4.98 Å². The Bertz CT molecular complexity index is 683. The number of nitrogens with one attached hydrogen (secondary N) is 1. The third-order valence-electron chi connectivity index (χ3n) is 2.70. The number of nitrogens with zero attached hydrogens (tertiary/aromatic N) is 2. The summed E-state index contributed by atoms with van der Waals surface area (Å²) in [5, 5.41) is 3.03. The van der Waals surface area contributed by atoms with Gasteiger partial charge in [0.1, 0.15) is 11.5 Å². The maximum absolute atomic E-state index is 12.0. The van der Waals surface area contributed by atoms with Crippen LogP contribution < -0.4 is 15.6 Å². The highest BCUT2D eigenvalue weighted by Crippen LogP contribution is 2.18. The second kappa shape index (κ2) is 6.76. The zero-order chi connectivity index (χ0) is 15.4. The smallest absolute Gasteiger partial charge is 0.274 e. The van der Waals surface area contributed by atoms with E-state index in [2.05, 4.69) is 40.1 Å². The number of halogens is 1. The molecule has 0 aliphatic heterocycles. The molecule has 112 valence electrons. The van der Waals surface area contributed by atoms with Crippen LogP contribution in [0.1, 0.15) is 13.8 Å². The third kappa shape index (κ3) is 4.32. The highest BCUT2D eigenvalue weighted by atomic mass is 79.9. The van der Waals surface area contributed by atoms with Crippen molar-refractivity contribution >= 4 is 27.4 Å². The molecule has 0 amide bonds. The van der Waals surface area contributed by atoms with E-state index in [9.17, 15) is 4.79 Å². The molecule has 0 atom stereocenters. The molecule has 21 heavy (non-hydrogen) atoms. The van der Waals surface area contributed by atoms with E-state index in [0.29, 0.717) is 29.9 Å². The van der Waals surface area contributed by atoms with Crippen LogP contribution in [0.5, 0.6) is 5.88 Å². The number of aromatic nitrogens is 2. The van der Waals surface area contributed by atoms with Crippen molar-refractivity contribution in [1.82, 2.24) is 9.55 Å². The Balaban J connectivity index is 2.20. The monoisotopic (exact) mass is 351 g/mol. The van der Waals surface area contributed by atoms with Gasteiger partial charge in [-0.05, 0) is 34.0 Å². The van der Waals surface area contributed by atoms with Crippen molar-refractivity contribution in [1.29, 1.82) is 0 Å². The summed E-state index contributed by atoms with van der Waals surface area (Å²) in [6, 6.07) is 7.16. The molecule has 5 nitrogen and oxygen atoms in total. The lowest BCUT2D eigenvalue weighted by molar-refractivity contribution is 0.262. The van der Waals surface area contributed by atoms with E-state index in [1.54, 1.807) is 31.4 Å². The van der Waals surface area contributed by atoms with Gasteiger partial charge >= 0.3 is 0 Å². The van der Waals surface area contributed by atoms with E-state index in [-0.39, 0.29) is 5.56 Å². The van der Waals surface area contributed by atoms with Gasteiger partial charge < -0.3 is 14.6 Å². The standard InChI is InChI=1S/C15H18BrN3O2/c1-10(2)9-21-14-6-4-5-13(18-14)17-12-7-11(16)8-19(3)15(12)20/h4-8,10H,9H2,1-3H3,(H,17,18). The summed E-state index contributed by atoms with van der Waals surface area (Å²) in [7, 11) is 1.70. The first-order valence-electron chi connectivity index (χ1n) is 6.69. The molecule has 0 saturated heterocycles. The van der Waals surface area contributed by atoms with Crippen LogP contribution in [0.2, 0.25) is 0 Å². The fourth-order valence-corrected chi connectivity index (χ4v) is 2.25. The number of ether oxygens (including phenoxy) is 1. The Labute approximate surface area is 132 Å². The number of anilines is 2. The predicted octanol–water partition coefficient (Wildman–Crippen LogP) is 3.32. The summed E-state index contributed by atoms with van der Waals surface area (Å²) in [4.78, 5) is 16.4. The number of pyridine rings is 2. The Morgan fingerprint density at radius 1 is 1.43 bits per heavy atom. The van der Waals surface area contributed by atoms with Gasteiger partial charge in [0.2, 0.25) is 5.88 Å². The minimum atomic E-state index is -0.117. The highest BCUT2D eigenvalue weighted by Gasteiger charge is 2.06. The third-order valence-corrected chi connectivity index (χ3v) is 3.13. The molecule has 2 heterocycles. The van der Waals surface area contributed by atoms with Crippen molar-refractivity contribution in [3.63, 3.8) is 0 Å². The van der Waals surface area contributed by atoms with Gasteiger partial charge in [-0.25, -0.2) is 0 Å². The van der Waals surface area contributed by atoms with Crippen LogP contribution in [-0.4, -0.2) is 16.2 Å². The second-order valence-corrected chi connectivity index (χ2v) is 6.09. The maximum Gasteiger partial charge on any atom is 0.274 e. The lowest BCUT2D eigenvalue weighted by Crippen LogP contribution is -2.19. The Morgan fingerprint density at radius 2 is 2.19 bits per heavy atom. The van der Waals surface area contributed by atoms with Gasteiger partial charge in [0, 0.05) is 23.8 Å². The summed E-state index contributed by atoms with van der Waals surface area (Å²) in [5.41, 5.74) is 0.342. The van der Waals surface area contributed by atoms with E-state index in [1.807, 2.05) is 6.07 Å². The van der Waals surface area contributed by atoms with Crippen LogP contribution in [0.15, 0.2) is 39.7 Å². The highest BCUT2D eigenvalue weighted by molar-refractivity contribution is 9.10. The largest absolute Gasteiger partial charge is 0.477 e. The first-order valence-corrected chi connectivity index (χ1v) is 7.48. The normalized spacial score (nSPS) is 10.7. The van der Waals surface area contributed by atoms with E-state index in [0.717, 1.165) is 4.47 Å². The first-order chi connectivity index (χ1) is 9.95. The average molecular weight is 352 g/mol. The minimum Gasteiger partial charge on any atom is -0.477 e. The van der Waals surface area contributed by atoms with Crippen molar-refractivity contribution in [3.05, 3.63) is 45.3 Å². The summed E-state index contributed by atoms with van der Waals surface area (Å²) >= 11 is 3.37. The number of rotatable bonds is 5. The Kier molecular flexibility index (Phi) is 5.01. The summed E-state index contributed by atoms with van der Waals surface area (Å²) in [5.74, 6) is 1.55. The van der Waals surface area contributed by atoms with Gasteiger partial charge in [-0.1, -0.05) is 19.9 Å². The molecule has 0 spiro atoms. The molecule has 2 rings (SSSR count). The van der Waals surface area contributed by atoms with Gasteiger partial charge in [0.05, 0.1) is 6.61 Å². The second-order valence-electron chi connectivity index (χ2n) is 5.18. The lowest BCUT2D eigenvalue weighted by atomic mass is 10.2. The van der Waals surface area contributed by atoms with Crippen molar-refractivity contribution in [3.8, 4) is 5.88 Å². The molecule has 0 aliphatic carbocycles. The maximum atomic E-state index is 12.0. The van der Waals surface area contributed by atoms with Crippen LogP contribution in [0.3, 0.4) is 0 Å². The van der Waals surface area contributed by atoms with Crippen LogP contribution in [0.25, 0.3) is 0 Å². The van der Waals surface area contributed by atoms with E-state index < -0.39 is 0 Å². The number of hydrogen-bond acceptors (Lipinski definition) is 4. The molecule has 2 aromatic heterocycles. The Morgan fingerprint density at radius 3 is 2.90 bits per heavy atom. The SMILES string of the molecule is CC(C)COc1cccc(Nc2cc(Br)cn(C)c2=O)n1. The van der Waals surface area contributed by atoms with Crippen molar-refractivity contribution in [2.45, 2.75) is 13.8 Å². The summed E-state index contributed by atoms with van der Waals surface area (Å²) in [6.07, 6.45) is 1.71. The molecule has 1 N–H and O–H groups in total. The topological polar surface area (TPSA) is 56.1 Å². The fourth-order valence-electron chi connectivity index (χ4n) is 1.71. The van der Waals surface area contributed by atoms with Crippen molar-refractivity contribution in [2.24, 2.45) is 13.0 Å². The van der Waals surface area contributed by atoms with Gasteiger partial charge in [-0.15, -0.1) is 0 Å². The van der Waals surface area contributed by atoms with Gasteiger partial charge in [-0.3, -0.25) is 4.79 Å². The average Bonchev–Trinajstić information content (AvgIpc) is 2.42. The molecular formula is C15H18BrN3O2. The molecular weight excluding hydrogens is 334 g/mol. The first kappa shape index (κ1) is 15.6. The molecule has 0 radical (unpaired) electrons. The minimum absolute atomic E-state index is 0.117.